The van der Waals surface area contributed by atoms with Crippen molar-refractivity contribution in [3.05, 3.63) is 101 Å². The number of imidazole rings is 1. The molecule has 0 saturated carbocycles. The molecule has 0 radical (unpaired) electrons. The first kappa shape index (κ1) is 29.4. The van der Waals surface area contributed by atoms with Gasteiger partial charge in [-0.25, -0.2) is 18.2 Å². The van der Waals surface area contributed by atoms with Crippen molar-refractivity contribution in [2.75, 3.05) is 19.5 Å². The van der Waals surface area contributed by atoms with E-state index in [1.165, 1.54) is 30.5 Å². The minimum absolute atomic E-state index is 0.00759. The summed E-state index contributed by atoms with van der Waals surface area (Å²) in [6, 6.07) is 12.3. The summed E-state index contributed by atoms with van der Waals surface area (Å²) < 4.78 is 64.0. The van der Waals surface area contributed by atoms with Crippen molar-refractivity contribution in [3.8, 4) is 22.9 Å². The highest BCUT2D eigenvalue weighted by atomic mass is 31.2. The van der Waals surface area contributed by atoms with Crippen LogP contribution in [-0.2, 0) is 22.2 Å². The summed E-state index contributed by atoms with van der Waals surface area (Å²) in [5, 5.41) is 0.759. The molecule has 5 aromatic rings. The number of nitrogens with one attached hydrogen (secondary N) is 2. The predicted molar refractivity (Wildman–Crippen MR) is 159 cm³/mol. The van der Waals surface area contributed by atoms with Crippen LogP contribution in [0.5, 0.6) is 11.5 Å². The van der Waals surface area contributed by atoms with E-state index >= 15 is 13.2 Å². The molecule has 0 saturated heterocycles. The van der Waals surface area contributed by atoms with Gasteiger partial charge in [-0.3, -0.25) is 0 Å². The molecule has 2 aromatic heterocycles. The van der Waals surface area contributed by atoms with Crippen molar-refractivity contribution < 1.29 is 27.3 Å². The third-order valence-electron chi connectivity index (χ3n) is 7.35. The van der Waals surface area contributed by atoms with E-state index in [2.05, 4.69) is 15.0 Å². The van der Waals surface area contributed by atoms with Gasteiger partial charge in [-0.15, -0.1) is 0 Å². The van der Waals surface area contributed by atoms with E-state index in [4.69, 9.17) is 4.74 Å². The van der Waals surface area contributed by atoms with Crippen LogP contribution in [0.15, 0.2) is 60.9 Å². The topological polar surface area (TPSA) is 87.8 Å². The zero-order valence-corrected chi connectivity index (χ0v) is 24.4. The number of rotatable bonds is 11. The summed E-state index contributed by atoms with van der Waals surface area (Å²) in [4.78, 5) is 21.2. The summed E-state index contributed by atoms with van der Waals surface area (Å²) in [7, 11) is -2.39. The first-order valence-corrected chi connectivity index (χ1v) is 16.4. The molecule has 0 bridgehead atoms. The molecule has 2 N–H and O–H groups in total. The molecule has 0 aliphatic heterocycles. The number of halogens is 3. The van der Waals surface area contributed by atoms with Gasteiger partial charge in [0.25, 0.3) is 0 Å². The molecule has 5 rings (SSSR count). The van der Waals surface area contributed by atoms with Crippen LogP contribution >= 0.6 is 7.14 Å². The summed E-state index contributed by atoms with van der Waals surface area (Å²) >= 11 is 0. The molecule has 0 amide bonds. The molecule has 10 heteroatoms. The van der Waals surface area contributed by atoms with E-state index in [-0.39, 0.29) is 35.1 Å². The van der Waals surface area contributed by atoms with Gasteiger partial charge in [-0.05, 0) is 61.6 Å². The normalized spacial score (nSPS) is 12.5. The third-order valence-corrected chi connectivity index (χ3v) is 8.65. The molecule has 1 atom stereocenters. The fraction of sp³-hybridized carbons (Fsp3) is 0.250. The lowest BCUT2D eigenvalue weighted by Gasteiger charge is -2.16. The molecule has 2 heterocycles. The van der Waals surface area contributed by atoms with Crippen molar-refractivity contribution in [1.29, 1.82) is 0 Å². The smallest absolute Gasteiger partial charge is 0.168 e. The van der Waals surface area contributed by atoms with Gasteiger partial charge in [0.05, 0.1) is 12.7 Å². The SMILES string of the molecule is CC(c1cnc(-c2cc(Oc3c(F)cc4[nH]ccc4c3CCP(C)(C)=O)ccc2F)[nH]1)c1cccc(CCC=O)c1F. The van der Waals surface area contributed by atoms with Crippen LogP contribution in [0.3, 0.4) is 0 Å². The Hall–Kier alpha value is -4.10. The molecule has 42 heavy (non-hydrogen) atoms. The minimum atomic E-state index is -2.39. The van der Waals surface area contributed by atoms with Crippen LogP contribution in [0, 0.1) is 17.5 Å². The number of aryl methyl sites for hydroxylation is 2. The number of hydrogen-bond acceptors (Lipinski definition) is 4. The monoisotopic (exact) mass is 593 g/mol. The second kappa shape index (κ2) is 12.0. The van der Waals surface area contributed by atoms with Crippen molar-refractivity contribution in [2.24, 2.45) is 0 Å². The van der Waals surface area contributed by atoms with E-state index in [0.29, 0.717) is 46.9 Å². The van der Waals surface area contributed by atoms with Crippen LogP contribution in [0.4, 0.5) is 13.2 Å². The molecular formula is C32H31F3N3O3P. The van der Waals surface area contributed by atoms with E-state index < -0.39 is 24.7 Å². The Kier molecular flexibility index (Phi) is 8.41. The Labute approximate surface area is 241 Å². The maximum Gasteiger partial charge on any atom is 0.168 e. The number of benzene rings is 3. The number of nitrogens with zero attached hydrogens (tertiary/aromatic N) is 1. The molecule has 0 aliphatic carbocycles. The number of aromatic amines is 2. The average Bonchev–Trinajstić information content (AvgIpc) is 3.62. The maximum atomic E-state index is 15.3. The van der Waals surface area contributed by atoms with Crippen LogP contribution in [0.25, 0.3) is 22.3 Å². The van der Waals surface area contributed by atoms with Crippen LogP contribution < -0.4 is 4.74 Å². The third kappa shape index (κ3) is 6.21. The molecule has 3 aromatic carbocycles. The Bertz CT molecular complexity index is 1810. The van der Waals surface area contributed by atoms with E-state index in [1.807, 2.05) is 13.0 Å². The van der Waals surface area contributed by atoms with Crippen molar-refractivity contribution >= 4 is 24.3 Å². The minimum Gasteiger partial charge on any atom is -0.454 e. The van der Waals surface area contributed by atoms with Crippen molar-refractivity contribution in [3.63, 3.8) is 0 Å². The Morgan fingerprint density at radius 1 is 1.05 bits per heavy atom. The Morgan fingerprint density at radius 2 is 1.86 bits per heavy atom. The maximum absolute atomic E-state index is 15.3. The van der Waals surface area contributed by atoms with Crippen LogP contribution in [-0.4, -0.2) is 40.7 Å². The van der Waals surface area contributed by atoms with Gasteiger partial charge < -0.3 is 24.1 Å². The number of aromatic nitrogens is 3. The van der Waals surface area contributed by atoms with Gasteiger partial charge in [0.2, 0.25) is 0 Å². The number of H-pyrrole nitrogens is 2. The summed E-state index contributed by atoms with van der Waals surface area (Å²) in [6.07, 6.45) is 5.22. The average molecular weight is 594 g/mol. The number of ether oxygens (including phenoxy) is 1. The number of carbonyl (C=O) groups excluding carboxylic acids is 1. The van der Waals surface area contributed by atoms with Crippen molar-refractivity contribution in [2.45, 2.75) is 32.1 Å². The summed E-state index contributed by atoms with van der Waals surface area (Å²) in [6.45, 7) is 5.18. The second-order valence-electron chi connectivity index (χ2n) is 10.8. The highest BCUT2D eigenvalue weighted by Gasteiger charge is 2.22. The second-order valence-corrected chi connectivity index (χ2v) is 14.4. The van der Waals surface area contributed by atoms with Gasteiger partial charge in [0.1, 0.15) is 29.5 Å². The van der Waals surface area contributed by atoms with E-state index in [1.54, 1.807) is 37.7 Å². The fourth-order valence-electron chi connectivity index (χ4n) is 5.03. The van der Waals surface area contributed by atoms with Gasteiger partial charge in [0, 0.05) is 59.1 Å². The largest absolute Gasteiger partial charge is 0.454 e. The lowest BCUT2D eigenvalue weighted by molar-refractivity contribution is -0.107. The van der Waals surface area contributed by atoms with E-state index in [0.717, 1.165) is 11.7 Å². The van der Waals surface area contributed by atoms with Crippen LogP contribution in [0.2, 0.25) is 0 Å². The lowest BCUT2D eigenvalue weighted by atomic mass is 9.94. The predicted octanol–water partition coefficient (Wildman–Crippen LogP) is 8.22. The summed E-state index contributed by atoms with van der Waals surface area (Å²) in [5.41, 5.74) is 2.72. The molecule has 0 aliphatic rings. The number of aldehydes is 1. The van der Waals surface area contributed by atoms with Gasteiger partial charge in [-0.1, -0.05) is 25.1 Å². The standard InChI is InChI=1S/C32H31F3N3O3P/c1-19(22-8-4-6-20(30(22)35)7-5-14-39)29-18-37-32(38-29)25-16-21(9-10-26(25)33)41-31-24(12-15-42(2,3)40)23-11-13-36-28(23)17-27(31)34/h4,6,8-11,13-14,16-19,36H,5,7,12,15H2,1-3H3,(H,37,38). The molecule has 0 spiro atoms. The molecule has 6 nitrogen and oxygen atoms in total. The van der Waals surface area contributed by atoms with Gasteiger partial charge >= 0.3 is 0 Å². The number of carbonyl (C=O) groups is 1. The number of fused-ring (bicyclic) bond motifs is 1. The van der Waals surface area contributed by atoms with E-state index in [9.17, 15) is 9.36 Å². The highest BCUT2D eigenvalue weighted by Crippen LogP contribution is 2.41. The molecular weight excluding hydrogens is 562 g/mol. The Balaban J connectivity index is 1.46. The first-order chi connectivity index (χ1) is 20.1. The molecule has 0 fully saturated rings. The highest BCUT2D eigenvalue weighted by molar-refractivity contribution is 7.62. The summed E-state index contributed by atoms with van der Waals surface area (Å²) in [5.74, 6) is -1.59. The number of hydrogen-bond donors (Lipinski definition) is 2. The Morgan fingerprint density at radius 3 is 2.62 bits per heavy atom. The lowest BCUT2D eigenvalue weighted by Crippen LogP contribution is -2.03. The molecule has 218 valence electrons. The van der Waals surface area contributed by atoms with Gasteiger partial charge in [0.15, 0.2) is 11.6 Å². The fourth-order valence-corrected chi connectivity index (χ4v) is 5.79. The van der Waals surface area contributed by atoms with Gasteiger partial charge in [-0.2, -0.15) is 0 Å². The van der Waals surface area contributed by atoms with Crippen LogP contribution in [0.1, 0.15) is 41.6 Å². The quantitative estimate of drug-likeness (QED) is 0.119. The zero-order chi connectivity index (χ0) is 30.0. The molecule has 1 unspecified atom stereocenters. The first-order valence-electron chi connectivity index (χ1n) is 13.6. The zero-order valence-electron chi connectivity index (χ0n) is 23.5. The van der Waals surface area contributed by atoms with Crippen molar-refractivity contribution in [1.82, 2.24) is 15.0 Å².